The van der Waals surface area contributed by atoms with E-state index in [1.807, 2.05) is 6.92 Å². The van der Waals surface area contributed by atoms with E-state index in [-0.39, 0.29) is 5.69 Å². The molecule has 0 aromatic heterocycles. The Hall–Kier alpha value is -3.14. The van der Waals surface area contributed by atoms with Crippen LogP contribution >= 0.6 is 0 Å². The fourth-order valence-electron chi connectivity index (χ4n) is 2.33. The summed E-state index contributed by atoms with van der Waals surface area (Å²) < 4.78 is 32.2. The minimum absolute atomic E-state index is 0.135. The molecule has 2 rings (SSSR count). The first-order chi connectivity index (χ1) is 12.8. The maximum atomic E-state index is 13.0. The molecular formula is C17H19N3O6S. The van der Waals surface area contributed by atoms with Crippen molar-refractivity contribution in [1.29, 1.82) is 0 Å². The number of benzene rings is 2. The number of amides is 1. The van der Waals surface area contributed by atoms with E-state index in [1.54, 1.807) is 12.1 Å². The molecule has 0 aliphatic heterocycles. The molecule has 9 nitrogen and oxygen atoms in total. The molecule has 0 radical (unpaired) electrons. The average Bonchev–Trinajstić information content (AvgIpc) is 2.64. The van der Waals surface area contributed by atoms with E-state index in [9.17, 15) is 23.3 Å². The Balaban J connectivity index is 2.50. The molecule has 0 aliphatic carbocycles. The molecule has 0 bridgehead atoms. The van der Waals surface area contributed by atoms with Crippen molar-refractivity contribution in [3.63, 3.8) is 0 Å². The van der Waals surface area contributed by atoms with Gasteiger partial charge in [0, 0.05) is 6.07 Å². The van der Waals surface area contributed by atoms with E-state index in [0.717, 1.165) is 22.9 Å². The summed E-state index contributed by atoms with van der Waals surface area (Å²) >= 11 is 0. The van der Waals surface area contributed by atoms with Gasteiger partial charge >= 0.3 is 0 Å². The molecule has 10 heteroatoms. The third-order valence-electron chi connectivity index (χ3n) is 3.53. The smallest absolute Gasteiger partial charge is 0.289 e. The quantitative estimate of drug-likeness (QED) is 0.512. The van der Waals surface area contributed by atoms with Crippen molar-refractivity contribution in [1.82, 2.24) is 0 Å². The number of anilines is 1. The molecule has 0 heterocycles. The summed E-state index contributed by atoms with van der Waals surface area (Å²) in [5.41, 5.74) is 4.74. The lowest BCUT2D eigenvalue weighted by atomic mass is 10.3. The van der Waals surface area contributed by atoms with Crippen molar-refractivity contribution in [2.24, 2.45) is 5.73 Å². The number of carbonyl (C=O) groups is 1. The van der Waals surface area contributed by atoms with Crippen molar-refractivity contribution < 1.29 is 22.9 Å². The molecule has 0 aliphatic rings. The lowest BCUT2D eigenvalue weighted by Crippen LogP contribution is -2.38. The van der Waals surface area contributed by atoms with Crippen LogP contribution in [-0.2, 0) is 14.8 Å². The van der Waals surface area contributed by atoms with Crippen molar-refractivity contribution in [2.75, 3.05) is 17.5 Å². The van der Waals surface area contributed by atoms with Gasteiger partial charge in [0.1, 0.15) is 12.3 Å². The van der Waals surface area contributed by atoms with Crippen molar-refractivity contribution in [3.8, 4) is 5.75 Å². The van der Waals surface area contributed by atoms with Crippen LogP contribution in [0.4, 0.5) is 11.4 Å². The van der Waals surface area contributed by atoms with Crippen LogP contribution in [0.2, 0.25) is 0 Å². The van der Waals surface area contributed by atoms with Crippen LogP contribution in [0.1, 0.15) is 13.3 Å². The number of nitrogens with two attached hydrogens (primary N) is 1. The topological polar surface area (TPSA) is 133 Å². The second kappa shape index (κ2) is 8.49. The number of ether oxygens (including phenoxy) is 1. The van der Waals surface area contributed by atoms with Gasteiger partial charge in [-0.05, 0) is 36.8 Å². The third-order valence-corrected chi connectivity index (χ3v) is 5.35. The van der Waals surface area contributed by atoms with Gasteiger partial charge in [-0.15, -0.1) is 0 Å². The number of hydrogen-bond donors (Lipinski definition) is 1. The molecule has 144 valence electrons. The molecule has 0 atom stereocenters. The van der Waals surface area contributed by atoms with Gasteiger partial charge in [0.25, 0.3) is 15.7 Å². The Kier molecular flexibility index (Phi) is 6.35. The number of rotatable bonds is 9. The highest BCUT2D eigenvalue weighted by molar-refractivity contribution is 7.93. The zero-order valence-corrected chi connectivity index (χ0v) is 15.4. The molecule has 0 fully saturated rings. The van der Waals surface area contributed by atoms with E-state index >= 15 is 0 Å². The van der Waals surface area contributed by atoms with Crippen LogP contribution in [0.3, 0.4) is 0 Å². The lowest BCUT2D eigenvalue weighted by Gasteiger charge is -2.23. The molecule has 0 saturated carbocycles. The number of primary amides is 1. The van der Waals surface area contributed by atoms with Gasteiger partial charge in [0.15, 0.2) is 4.90 Å². The van der Waals surface area contributed by atoms with Crippen LogP contribution in [0.5, 0.6) is 5.75 Å². The van der Waals surface area contributed by atoms with E-state index in [4.69, 9.17) is 10.5 Å². The number of para-hydroxylation sites is 1. The van der Waals surface area contributed by atoms with Gasteiger partial charge in [0.2, 0.25) is 5.91 Å². The first kappa shape index (κ1) is 20.2. The fourth-order valence-corrected chi connectivity index (χ4v) is 3.92. The molecule has 27 heavy (non-hydrogen) atoms. The maximum absolute atomic E-state index is 13.0. The number of sulfonamides is 1. The van der Waals surface area contributed by atoms with Crippen LogP contribution in [0.25, 0.3) is 0 Å². The monoisotopic (exact) mass is 393 g/mol. The first-order valence-corrected chi connectivity index (χ1v) is 9.48. The van der Waals surface area contributed by atoms with Gasteiger partial charge in [-0.25, -0.2) is 8.42 Å². The highest BCUT2D eigenvalue weighted by Crippen LogP contribution is 2.30. The molecule has 0 spiro atoms. The Morgan fingerprint density at radius 3 is 2.37 bits per heavy atom. The molecule has 2 aromatic rings. The molecule has 1 amide bonds. The minimum atomic E-state index is -4.40. The molecule has 0 saturated heterocycles. The van der Waals surface area contributed by atoms with Crippen LogP contribution in [0, 0.1) is 10.1 Å². The largest absolute Gasteiger partial charge is 0.494 e. The molecule has 0 unspecified atom stereocenters. The predicted octanol–water partition coefficient (Wildman–Crippen LogP) is 2.06. The minimum Gasteiger partial charge on any atom is -0.494 e. The highest BCUT2D eigenvalue weighted by Gasteiger charge is 2.32. The first-order valence-electron chi connectivity index (χ1n) is 8.04. The predicted molar refractivity (Wildman–Crippen MR) is 99.1 cm³/mol. The number of nitro benzene ring substituents is 1. The summed E-state index contributed by atoms with van der Waals surface area (Å²) in [5.74, 6) is -0.369. The second-order valence-corrected chi connectivity index (χ2v) is 7.38. The van der Waals surface area contributed by atoms with E-state index in [0.29, 0.717) is 12.4 Å². The SMILES string of the molecule is CCCOc1ccc(N(CC(N)=O)S(=O)(=O)c2ccccc2[N+](=O)[O-])cc1. The molecule has 2 N–H and O–H groups in total. The summed E-state index contributed by atoms with van der Waals surface area (Å²) in [4.78, 5) is 21.3. The Morgan fingerprint density at radius 1 is 1.19 bits per heavy atom. The van der Waals surface area contributed by atoms with Gasteiger partial charge in [0.05, 0.1) is 17.2 Å². The van der Waals surface area contributed by atoms with E-state index in [1.165, 1.54) is 24.3 Å². The second-order valence-electron chi connectivity index (χ2n) is 5.55. The Labute approximate surface area is 156 Å². The normalized spacial score (nSPS) is 11.0. The number of nitrogens with zero attached hydrogens (tertiary/aromatic N) is 2. The number of nitro groups is 1. The standard InChI is InChI=1S/C17H19N3O6S/c1-2-11-26-14-9-7-13(8-10-14)19(12-17(18)21)27(24,25)16-6-4-3-5-15(16)20(22)23/h3-10H,2,11-12H2,1H3,(H2,18,21). The van der Waals surface area contributed by atoms with Crippen molar-refractivity contribution in [2.45, 2.75) is 18.2 Å². The summed E-state index contributed by atoms with van der Waals surface area (Å²) in [5, 5.41) is 11.2. The van der Waals surface area contributed by atoms with E-state index in [2.05, 4.69) is 0 Å². The van der Waals surface area contributed by atoms with Crippen LogP contribution in [-0.4, -0.2) is 32.4 Å². The van der Waals surface area contributed by atoms with Crippen molar-refractivity contribution in [3.05, 3.63) is 58.6 Å². The zero-order valence-electron chi connectivity index (χ0n) is 14.6. The number of carbonyl (C=O) groups excluding carboxylic acids is 1. The highest BCUT2D eigenvalue weighted by atomic mass is 32.2. The fraction of sp³-hybridized carbons (Fsp3) is 0.235. The number of hydrogen-bond acceptors (Lipinski definition) is 6. The summed E-state index contributed by atoms with van der Waals surface area (Å²) in [7, 11) is -4.40. The molecule has 2 aromatic carbocycles. The molecular weight excluding hydrogens is 374 g/mol. The van der Waals surface area contributed by atoms with Gasteiger partial charge in [-0.3, -0.25) is 19.2 Å². The lowest BCUT2D eigenvalue weighted by molar-refractivity contribution is -0.387. The zero-order chi connectivity index (χ0) is 20.0. The summed E-state index contributed by atoms with van der Waals surface area (Å²) in [6, 6.07) is 10.9. The van der Waals surface area contributed by atoms with Crippen LogP contribution in [0.15, 0.2) is 53.4 Å². The Bertz CT molecular complexity index is 928. The van der Waals surface area contributed by atoms with Gasteiger partial charge in [-0.2, -0.15) is 0 Å². The van der Waals surface area contributed by atoms with E-state index < -0.39 is 38.0 Å². The average molecular weight is 393 g/mol. The van der Waals surface area contributed by atoms with Crippen molar-refractivity contribution >= 4 is 27.3 Å². The van der Waals surface area contributed by atoms with Gasteiger partial charge in [-0.1, -0.05) is 19.1 Å². The summed E-state index contributed by atoms with van der Waals surface area (Å²) in [6.45, 7) is 1.78. The Morgan fingerprint density at radius 2 is 1.81 bits per heavy atom. The van der Waals surface area contributed by atoms with Gasteiger partial charge < -0.3 is 10.5 Å². The summed E-state index contributed by atoms with van der Waals surface area (Å²) in [6.07, 6.45) is 0.807. The van der Waals surface area contributed by atoms with Crippen LogP contribution < -0.4 is 14.8 Å². The maximum Gasteiger partial charge on any atom is 0.289 e. The third kappa shape index (κ3) is 4.73.